The molecule has 144 valence electrons. The Bertz CT molecular complexity index is 1260. The minimum Gasteiger partial charge on any atom is -0.381 e. The van der Waals surface area contributed by atoms with Gasteiger partial charge in [-0.15, -0.1) is 0 Å². The van der Waals surface area contributed by atoms with Crippen molar-refractivity contribution in [1.29, 1.82) is 0 Å². The van der Waals surface area contributed by atoms with Gasteiger partial charge < -0.3 is 11.5 Å². The number of nitrogens with zero attached hydrogens (tertiary/aromatic N) is 3. The normalized spacial score (nSPS) is 11.0. The number of halogens is 2. The molecule has 0 spiro atoms. The van der Waals surface area contributed by atoms with E-state index in [1.54, 1.807) is 0 Å². The van der Waals surface area contributed by atoms with E-state index in [4.69, 9.17) is 11.5 Å². The van der Waals surface area contributed by atoms with E-state index in [2.05, 4.69) is 9.97 Å². The summed E-state index contributed by atoms with van der Waals surface area (Å²) in [7, 11) is 0. The Kier molecular flexibility index (Phi) is 4.27. The standard InChI is InChI=1S/C20H13F2N5O2/c21-12-5-1-10(2-6-12)14-9-15-17(26-20(24)19(23)25-15)16(18(14)27(28)29)11-3-7-13(22)8-4-11/h1-9H,(H2,23,25)(H2,24,26). The Hall–Kier alpha value is -4.14. The quantitative estimate of drug-likeness (QED) is 0.395. The first-order chi connectivity index (χ1) is 13.8. The number of nitro groups is 1. The van der Waals surface area contributed by atoms with Gasteiger partial charge in [0, 0.05) is 0 Å². The molecule has 0 saturated heterocycles. The molecule has 0 bridgehead atoms. The van der Waals surface area contributed by atoms with Gasteiger partial charge in [-0.1, -0.05) is 24.3 Å². The molecule has 0 amide bonds. The third kappa shape index (κ3) is 3.18. The van der Waals surface area contributed by atoms with Crippen LogP contribution < -0.4 is 11.5 Å². The maximum absolute atomic E-state index is 13.4. The topological polar surface area (TPSA) is 121 Å². The molecule has 3 aromatic carbocycles. The Morgan fingerprint density at radius 2 is 1.34 bits per heavy atom. The number of hydrogen-bond donors (Lipinski definition) is 2. The fourth-order valence-electron chi connectivity index (χ4n) is 3.14. The lowest BCUT2D eigenvalue weighted by Crippen LogP contribution is -2.04. The Morgan fingerprint density at radius 3 is 1.90 bits per heavy atom. The number of hydrogen-bond acceptors (Lipinski definition) is 6. The molecule has 0 radical (unpaired) electrons. The number of anilines is 2. The predicted octanol–water partition coefficient (Wildman–Crippen LogP) is 4.31. The molecule has 9 heteroatoms. The van der Waals surface area contributed by atoms with Crippen LogP contribution in [0.5, 0.6) is 0 Å². The Labute approximate surface area is 162 Å². The highest BCUT2D eigenvalue weighted by Crippen LogP contribution is 2.43. The molecule has 0 aliphatic carbocycles. The average Bonchev–Trinajstić information content (AvgIpc) is 2.69. The van der Waals surface area contributed by atoms with Crippen molar-refractivity contribution in [2.75, 3.05) is 11.5 Å². The van der Waals surface area contributed by atoms with Gasteiger partial charge in [-0.2, -0.15) is 0 Å². The fourth-order valence-corrected chi connectivity index (χ4v) is 3.14. The molecule has 0 saturated carbocycles. The minimum atomic E-state index is -0.564. The van der Waals surface area contributed by atoms with Crippen LogP contribution >= 0.6 is 0 Å². The van der Waals surface area contributed by atoms with Gasteiger partial charge in [0.05, 0.1) is 21.6 Å². The van der Waals surface area contributed by atoms with E-state index in [9.17, 15) is 18.9 Å². The summed E-state index contributed by atoms with van der Waals surface area (Å²) in [6.45, 7) is 0. The molecule has 4 aromatic rings. The molecule has 29 heavy (non-hydrogen) atoms. The van der Waals surface area contributed by atoms with E-state index in [1.165, 1.54) is 54.6 Å². The van der Waals surface area contributed by atoms with Crippen LogP contribution in [0.25, 0.3) is 33.3 Å². The van der Waals surface area contributed by atoms with Gasteiger partial charge in [-0.25, -0.2) is 18.7 Å². The predicted molar refractivity (Wildman–Crippen MR) is 106 cm³/mol. The smallest absolute Gasteiger partial charge is 0.287 e. The number of aromatic nitrogens is 2. The molecule has 0 fully saturated rings. The van der Waals surface area contributed by atoms with Crippen LogP contribution in [-0.4, -0.2) is 14.9 Å². The van der Waals surface area contributed by atoms with Crippen molar-refractivity contribution in [2.24, 2.45) is 0 Å². The van der Waals surface area contributed by atoms with Crippen LogP contribution in [0.4, 0.5) is 26.1 Å². The molecule has 1 aromatic heterocycles. The van der Waals surface area contributed by atoms with Crippen molar-refractivity contribution in [2.45, 2.75) is 0 Å². The number of nitrogens with two attached hydrogens (primary N) is 2. The van der Waals surface area contributed by atoms with Crippen LogP contribution in [0.3, 0.4) is 0 Å². The lowest BCUT2D eigenvalue weighted by atomic mass is 9.94. The summed E-state index contributed by atoms with van der Waals surface area (Å²) < 4.78 is 26.8. The van der Waals surface area contributed by atoms with Crippen LogP contribution in [-0.2, 0) is 0 Å². The molecule has 1 heterocycles. The second-order valence-corrected chi connectivity index (χ2v) is 6.28. The van der Waals surface area contributed by atoms with E-state index >= 15 is 0 Å². The zero-order chi connectivity index (χ0) is 20.7. The molecular formula is C20H13F2N5O2. The van der Waals surface area contributed by atoms with Crippen LogP contribution in [0, 0.1) is 21.7 Å². The second kappa shape index (κ2) is 6.79. The summed E-state index contributed by atoms with van der Waals surface area (Å²) in [5, 5.41) is 12.1. The Morgan fingerprint density at radius 1 is 0.828 bits per heavy atom. The second-order valence-electron chi connectivity index (χ2n) is 6.28. The molecule has 4 rings (SSSR count). The number of nitrogen functional groups attached to an aromatic ring is 2. The van der Waals surface area contributed by atoms with Crippen LogP contribution in [0.2, 0.25) is 0 Å². The largest absolute Gasteiger partial charge is 0.381 e. The summed E-state index contributed by atoms with van der Waals surface area (Å²) in [6.07, 6.45) is 0. The lowest BCUT2D eigenvalue weighted by molar-refractivity contribution is -0.383. The van der Waals surface area contributed by atoms with Crippen molar-refractivity contribution < 1.29 is 13.7 Å². The van der Waals surface area contributed by atoms with Crippen molar-refractivity contribution >= 4 is 28.4 Å². The minimum absolute atomic E-state index is 0.0264. The van der Waals surface area contributed by atoms with Gasteiger partial charge in [0.2, 0.25) is 0 Å². The molecule has 0 aliphatic rings. The molecule has 0 atom stereocenters. The van der Waals surface area contributed by atoms with Gasteiger partial charge in [0.1, 0.15) is 17.2 Å². The van der Waals surface area contributed by atoms with Gasteiger partial charge in [0.25, 0.3) is 5.69 Å². The van der Waals surface area contributed by atoms with E-state index in [0.29, 0.717) is 11.1 Å². The summed E-state index contributed by atoms with van der Waals surface area (Å²) in [6, 6.07) is 11.9. The van der Waals surface area contributed by atoms with Crippen LogP contribution in [0.1, 0.15) is 0 Å². The van der Waals surface area contributed by atoms with Gasteiger partial charge in [-0.3, -0.25) is 10.1 Å². The molecule has 4 N–H and O–H groups in total. The van der Waals surface area contributed by atoms with Crippen molar-refractivity contribution in [1.82, 2.24) is 9.97 Å². The summed E-state index contributed by atoms with van der Waals surface area (Å²) in [5.74, 6) is -1.08. The monoisotopic (exact) mass is 393 g/mol. The molecule has 0 unspecified atom stereocenters. The van der Waals surface area contributed by atoms with Gasteiger partial charge in [-0.05, 0) is 41.5 Å². The maximum atomic E-state index is 13.4. The first-order valence-corrected chi connectivity index (χ1v) is 8.41. The maximum Gasteiger partial charge on any atom is 0.287 e. The zero-order valence-electron chi connectivity index (χ0n) is 14.8. The molecular weight excluding hydrogens is 380 g/mol. The van der Waals surface area contributed by atoms with Gasteiger partial charge >= 0.3 is 0 Å². The van der Waals surface area contributed by atoms with Crippen molar-refractivity contribution in [3.05, 3.63) is 76.3 Å². The summed E-state index contributed by atoms with van der Waals surface area (Å²) in [5.41, 5.74) is 12.8. The number of benzene rings is 3. The SMILES string of the molecule is Nc1nc2cc(-c3ccc(F)cc3)c([N+](=O)[O-])c(-c3ccc(F)cc3)c2nc1N. The fraction of sp³-hybridized carbons (Fsp3) is 0. The Balaban J connectivity index is 2.17. The van der Waals surface area contributed by atoms with Crippen LogP contribution in [0.15, 0.2) is 54.6 Å². The third-order valence-corrected chi connectivity index (χ3v) is 4.46. The highest BCUT2D eigenvalue weighted by molar-refractivity contribution is 6.04. The van der Waals surface area contributed by atoms with E-state index in [0.717, 1.165) is 0 Å². The lowest BCUT2D eigenvalue weighted by Gasteiger charge is -2.13. The van der Waals surface area contributed by atoms with Gasteiger partial charge in [0.15, 0.2) is 11.6 Å². The summed E-state index contributed by atoms with van der Waals surface area (Å²) in [4.78, 5) is 19.9. The third-order valence-electron chi connectivity index (χ3n) is 4.46. The highest BCUT2D eigenvalue weighted by atomic mass is 19.1. The van der Waals surface area contributed by atoms with E-state index in [-0.39, 0.29) is 39.5 Å². The number of rotatable bonds is 3. The van der Waals surface area contributed by atoms with E-state index in [1.807, 2.05) is 0 Å². The zero-order valence-corrected chi connectivity index (χ0v) is 14.8. The van der Waals surface area contributed by atoms with E-state index < -0.39 is 16.6 Å². The van der Waals surface area contributed by atoms with Crippen molar-refractivity contribution in [3.8, 4) is 22.3 Å². The molecule has 7 nitrogen and oxygen atoms in total. The first-order valence-electron chi connectivity index (χ1n) is 8.41. The number of fused-ring (bicyclic) bond motifs is 1. The molecule has 0 aliphatic heterocycles. The summed E-state index contributed by atoms with van der Waals surface area (Å²) >= 11 is 0. The first kappa shape index (κ1) is 18.2. The van der Waals surface area contributed by atoms with Crippen molar-refractivity contribution in [3.63, 3.8) is 0 Å². The number of nitro benzene ring substituents is 1. The highest BCUT2D eigenvalue weighted by Gasteiger charge is 2.27. The average molecular weight is 393 g/mol.